The monoisotopic (exact) mass is 357 g/mol. The molecule has 22 heavy (non-hydrogen) atoms. The van der Waals surface area contributed by atoms with Crippen molar-refractivity contribution in [1.82, 2.24) is 14.6 Å². The summed E-state index contributed by atoms with van der Waals surface area (Å²) in [6.07, 6.45) is 1.69. The minimum absolute atomic E-state index is 0.222. The molecule has 114 valence electrons. The molecule has 0 radical (unpaired) electrons. The van der Waals surface area contributed by atoms with Gasteiger partial charge in [0.1, 0.15) is 0 Å². The van der Waals surface area contributed by atoms with Gasteiger partial charge in [0.25, 0.3) is 0 Å². The second-order valence-corrected chi connectivity index (χ2v) is 6.23. The number of rotatable bonds is 4. The number of fused-ring (bicyclic) bond motifs is 1. The maximum absolute atomic E-state index is 13.7. The number of thioether (sulfide) groups is 1. The first kappa shape index (κ1) is 15.4. The molecule has 0 aliphatic rings. The summed E-state index contributed by atoms with van der Waals surface area (Å²) in [5, 5.41) is 9.67. The van der Waals surface area contributed by atoms with Crippen LogP contribution in [0.15, 0.2) is 35.6 Å². The van der Waals surface area contributed by atoms with E-state index in [-0.39, 0.29) is 5.75 Å². The van der Waals surface area contributed by atoms with Gasteiger partial charge < -0.3 is 4.74 Å². The fourth-order valence-corrected chi connectivity index (χ4v) is 3.31. The minimum Gasteiger partial charge on any atom is -0.494 e. The highest BCUT2D eigenvalue weighted by Gasteiger charge is 2.11. The van der Waals surface area contributed by atoms with Crippen LogP contribution in [-0.4, -0.2) is 21.7 Å². The molecule has 8 heteroatoms. The third kappa shape index (κ3) is 2.99. The maximum atomic E-state index is 13.7. The molecule has 3 aromatic rings. The van der Waals surface area contributed by atoms with Gasteiger partial charge in [0.2, 0.25) is 0 Å². The Morgan fingerprint density at radius 1 is 1.27 bits per heavy atom. The highest BCUT2D eigenvalue weighted by Crippen LogP contribution is 2.28. The van der Waals surface area contributed by atoms with Crippen molar-refractivity contribution in [1.29, 1.82) is 0 Å². The van der Waals surface area contributed by atoms with Gasteiger partial charge in [-0.3, -0.25) is 4.40 Å². The fraction of sp³-hybridized carbons (Fsp3) is 0.143. The Morgan fingerprint density at radius 3 is 2.82 bits per heavy atom. The number of pyridine rings is 1. The lowest BCUT2D eigenvalue weighted by molar-refractivity contribution is 0.386. The molecule has 0 saturated carbocycles. The van der Waals surface area contributed by atoms with Crippen LogP contribution >= 0.6 is 35.0 Å². The molecule has 2 heterocycles. The summed E-state index contributed by atoms with van der Waals surface area (Å²) >= 11 is 13.5. The lowest BCUT2D eigenvalue weighted by Gasteiger charge is -2.05. The fourth-order valence-electron chi connectivity index (χ4n) is 1.95. The largest absolute Gasteiger partial charge is 0.494 e. The van der Waals surface area contributed by atoms with Crippen LogP contribution in [0, 0.1) is 5.82 Å². The zero-order valence-electron chi connectivity index (χ0n) is 11.4. The Bertz CT molecular complexity index is 840. The number of halogens is 3. The lowest BCUT2D eigenvalue weighted by Crippen LogP contribution is -1.92. The standard InChI is InChI=1S/C14H10Cl2FN3OS/c1-21-12-3-2-8(4-11(12)17)7-22-14-19-18-13-10(16)5-9(15)6-20(13)14/h2-6H,7H2,1H3. The molecule has 0 bridgehead atoms. The summed E-state index contributed by atoms with van der Waals surface area (Å²) in [7, 11) is 1.43. The Balaban J connectivity index is 1.84. The van der Waals surface area contributed by atoms with Crippen LogP contribution in [0.2, 0.25) is 10.0 Å². The number of aromatic nitrogens is 3. The lowest BCUT2D eigenvalue weighted by atomic mass is 10.2. The molecule has 0 aliphatic carbocycles. The van der Waals surface area contributed by atoms with Crippen molar-refractivity contribution < 1.29 is 9.13 Å². The molecule has 0 amide bonds. The molecule has 0 saturated heterocycles. The summed E-state index contributed by atoms with van der Waals surface area (Å²) in [5.74, 6) is 0.365. The summed E-state index contributed by atoms with van der Waals surface area (Å²) < 4.78 is 20.3. The smallest absolute Gasteiger partial charge is 0.196 e. The van der Waals surface area contributed by atoms with E-state index in [2.05, 4.69) is 10.2 Å². The molecule has 0 aliphatic heterocycles. The first-order chi connectivity index (χ1) is 10.6. The van der Waals surface area contributed by atoms with Gasteiger partial charge >= 0.3 is 0 Å². The average molecular weight is 358 g/mol. The first-order valence-electron chi connectivity index (χ1n) is 6.23. The third-order valence-corrected chi connectivity index (χ3v) is 4.48. The molecular weight excluding hydrogens is 348 g/mol. The topological polar surface area (TPSA) is 39.4 Å². The Morgan fingerprint density at radius 2 is 2.09 bits per heavy atom. The first-order valence-corrected chi connectivity index (χ1v) is 7.97. The van der Waals surface area contributed by atoms with E-state index in [0.717, 1.165) is 5.56 Å². The van der Waals surface area contributed by atoms with E-state index < -0.39 is 5.82 Å². The number of hydrogen-bond acceptors (Lipinski definition) is 4. The van der Waals surface area contributed by atoms with E-state index in [0.29, 0.717) is 26.6 Å². The molecule has 0 spiro atoms. The van der Waals surface area contributed by atoms with E-state index in [1.165, 1.54) is 24.9 Å². The van der Waals surface area contributed by atoms with E-state index in [1.807, 2.05) is 0 Å². The molecule has 0 fully saturated rings. The van der Waals surface area contributed by atoms with E-state index in [9.17, 15) is 4.39 Å². The summed E-state index contributed by atoms with van der Waals surface area (Å²) in [4.78, 5) is 0. The van der Waals surface area contributed by atoms with Crippen molar-refractivity contribution in [2.75, 3.05) is 7.11 Å². The van der Waals surface area contributed by atoms with E-state index >= 15 is 0 Å². The molecule has 0 N–H and O–H groups in total. The van der Waals surface area contributed by atoms with Crippen molar-refractivity contribution in [2.24, 2.45) is 0 Å². The van der Waals surface area contributed by atoms with E-state index in [4.69, 9.17) is 27.9 Å². The predicted molar refractivity (Wildman–Crippen MR) is 85.5 cm³/mol. The minimum atomic E-state index is -0.391. The van der Waals surface area contributed by atoms with Crippen molar-refractivity contribution >= 4 is 40.6 Å². The van der Waals surface area contributed by atoms with Crippen LogP contribution in [0.3, 0.4) is 0 Å². The van der Waals surface area contributed by atoms with Crippen LogP contribution in [0.25, 0.3) is 5.65 Å². The molecule has 0 atom stereocenters. The molecule has 1 aromatic carbocycles. The van der Waals surface area contributed by atoms with E-state index in [1.54, 1.807) is 28.8 Å². The zero-order chi connectivity index (χ0) is 15.7. The van der Waals surface area contributed by atoms with Gasteiger partial charge in [-0.1, -0.05) is 41.0 Å². The van der Waals surface area contributed by atoms with Crippen molar-refractivity contribution in [3.63, 3.8) is 0 Å². The van der Waals surface area contributed by atoms with Gasteiger partial charge in [0.15, 0.2) is 22.4 Å². The van der Waals surface area contributed by atoms with Crippen LogP contribution in [0.1, 0.15) is 5.56 Å². The van der Waals surface area contributed by atoms with Crippen molar-refractivity contribution in [2.45, 2.75) is 10.9 Å². The summed E-state index contributed by atoms with van der Waals surface area (Å²) in [6.45, 7) is 0. The Labute approximate surface area is 140 Å². The van der Waals surface area contributed by atoms with Crippen molar-refractivity contribution in [3.8, 4) is 5.75 Å². The normalized spacial score (nSPS) is 11.1. The van der Waals surface area contributed by atoms with Gasteiger partial charge in [-0.25, -0.2) is 4.39 Å². The number of benzene rings is 1. The highest BCUT2D eigenvalue weighted by atomic mass is 35.5. The average Bonchev–Trinajstić information content (AvgIpc) is 2.88. The van der Waals surface area contributed by atoms with Crippen LogP contribution in [0.4, 0.5) is 4.39 Å². The predicted octanol–water partition coefficient (Wildman–Crippen LogP) is 4.48. The zero-order valence-corrected chi connectivity index (χ0v) is 13.7. The maximum Gasteiger partial charge on any atom is 0.196 e. The molecule has 3 rings (SSSR count). The Kier molecular flexibility index (Phi) is 4.42. The molecule has 2 aromatic heterocycles. The quantitative estimate of drug-likeness (QED) is 0.645. The molecular formula is C14H10Cl2FN3OS. The van der Waals surface area contributed by atoms with Gasteiger partial charge in [0, 0.05) is 11.9 Å². The van der Waals surface area contributed by atoms with Crippen LogP contribution in [-0.2, 0) is 5.75 Å². The molecule has 4 nitrogen and oxygen atoms in total. The highest BCUT2D eigenvalue weighted by molar-refractivity contribution is 7.98. The third-order valence-electron chi connectivity index (χ3n) is 2.98. The van der Waals surface area contributed by atoms with Gasteiger partial charge in [-0.15, -0.1) is 10.2 Å². The second kappa shape index (κ2) is 6.32. The van der Waals surface area contributed by atoms with Crippen LogP contribution < -0.4 is 4.74 Å². The molecule has 0 unspecified atom stereocenters. The second-order valence-electron chi connectivity index (χ2n) is 4.44. The number of nitrogens with zero attached hydrogens (tertiary/aromatic N) is 3. The van der Waals surface area contributed by atoms with Gasteiger partial charge in [0.05, 0.1) is 17.2 Å². The number of methoxy groups -OCH3 is 1. The number of ether oxygens (including phenoxy) is 1. The summed E-state index contributed by atoms with van der Waals surface area (Å²) in [5.41, 5.74) is 1.35. The SMILES string of the molecule is COc1ccc(CSc2nnc3c(Cl)cc(Cl)cn23)cc1F. The van der Waals surface area contributed by atoms with Crippen molar-refractivity contribution in [3.05, 3.63) is 51.9 Å². The van der Waals surface area contributed by atoms with Gasteiger partial charge in [-0.05, 0) is 23.8 Å². The van der Waals surface area contributed by atoms with Gasteiger partial charge in [-0.2, -0.15) is 0 Å². The Hall–Kier alpha value is -1.50. The summed E-state index contributed by atoms with van der Waals surface area (Å²) in [6, 6.07) is 6.45. The van der Waals surface area contributed by atoms with Crippen LogP contribution in [0.5, 0.6) is 5.75 Å². The number of hydrogen-bond donors (Lipinski definition) is 0.